The number of nitrogens with one attached hydrogen (secondary N) is 1. The molecule has 0 amide bonds. The van der Waals surface area contributed by atoms with E-state index in [1.807, 2.05) is 7.05 Å². The molecular weight excluding hydrogens is 208 g/mol. The molecule has 1 aromatic carbocycles. The minimum Gasteiger partial charge on any atom is -0.310 e. The Morgan fingerprint density at radius 1 is 1.06 bits per heavy atom. The summed E-state index contributed by atoms with van der Waals surface area (Å²) in [6.45, 7) is 0. The van der Waals surface area contributed by atoms with Gasteiger partial charge in [0.1, 0.15) is 0 Å². The summed E-state index contributed by atoms with van der Waals surface area (Å²) in [6, 6.07) is 4.25. The monoisotopic (exact) mass is 225 g/mol. The number of hydrogen-bond acceptors (Lipinski definition) is 1. The Morgan fingerprint density at radius 3 is 2.31 bits per heavy atom. The van der Waals surface area contributed by atoms with Crippen molar-refractivity contribution in [3.8, 4) is 0 Å². The molecule has 0 bridgehead atoms. The van der Waals surface area contributed by atoms with E-state index in [1.165, 1.54) is 18.6 Å². The highest BCUT2D eigenvalue weighted by Crippen LogP contribution is 2.37. The van der Waals surface area contributed by atoms with Gasteiger partial charge in [0.2, 0.25) is 0 Å². The topological polar surface area (TPSA) is 12.0 Å². The van der Waals surface area contributed by atoms with E-state index in [9.17, 15) is 8.78 Å². The zero-order chi connectivity index (χ0) is 11.6. The van der Waals surface area contributed by atoms with Gasteiger partial charge in [-0.2, -0.15) is 0 Å². The minimum atomic E-state index is -0.772. The van der Waals surface area contributed by atoms with Crippen LogP contribution in [0.3, 0.4) is 0 Å². The lowest BCUT2D eigenvalue weighted by molar-refractivity contribution is 0.249. The third-order valence-electron chi connectivity index (χ3n) is 3.66. The zero-order valence-corrected chi connectivity index (χ0v) is 9.52. The van der Waals surface area contributed by atoms with Crippen LogP contribution in [0.15, 0.2) is 18.2 Å². The van der Waals surface area contributed by atoms with Crippen LogP contribution in [-0.2, 0) is 5.54 Å². The minimum absolute atomic E-state index is 0.160. The summed E-state index contributed by atoms with van der Waals surface area (Å²) in [6.07, 6.45) is 5.50. The predicted octanol–water partition coefficient (Wildman–Crippen LogP) is 3.34. The molecule has 3 heteroatoms. The van der Waals surface area contributed by atoms with Crippen LogP contribution in [0, 0.1) is 11.6 Å². The summed E-state index contributed by atoms with van der Waals surface area (Å²) in [7, 11) is 1.90. The Labute approximate surface area is 94.9 Å². The lowest BCUT2D eigenvalue weighted by Gasteiger charge is -2.37. The van der Waals surface area contributed by atoms with E-state index in [0.29, 0.717) is 0 Å². The van der Waals surface area contributed by atoms with Crippen molar-refractivity contribution in [2.45, 2.75) is 37.6 Å². The van der Waals surface area contributed by atoms with Gasteiger partial charge in [0.05, 0.1) is 0 Å². The summed E-state index contributed by atoms with van der Waals surface area (Å²) in [5.74, 6) is -1.52. The average Bonchev–Trinajstić information content (AvgIpc) is 2.33. The van der Waals surface area contributed by atoms with Crippen molar-refractivity contribution < 1.29 is 8.78 Å². The fourth-order valence-electron chi connectivity index (χ4n) is 2.63. The summed E-state index contributed by atoms with van der Waals surface area (Å²) in [5.41, 5.74) is 0.709. The largest absolute Gasteiger partial charge is 0.310 e. The first-order valence-corrected chi connectivity index (χ1v) is 5.82. The van der Waals surface area contributed by atoms with Gasteiger partial charge in [-0.3, -0.25) is 0 Å². The molecule has 0 spiro atoms. The molecule has 0 radical (unpaired) electrons. The molecule has 1 saturated carbocycles. The highest BCUT2D eigenvalue weighted by atomic mass is 19.2. The molecule has 0 saturated heterocycles. The van der Waals surface area contributed by atoms with Gasteiger partial charge < -0.3 is 5.32 Å². The highest BCUT2D eigenvalue weighted by Gasteiger charge is 2.32. The molecule has 0 aliphatic heterocycles. The SMILES string of the molecule is CNC1(c2ccc(F)c(F)c2)CCCCC1. The molecule has 1 N–H and O–H groups in total. The summed E-state index contributed by atoms with van der Waals surface area (Å²) < 4.78 is 26.1. The van der Waals surface area contributed by atoms with Crippen molar-refractivity contribution in [3.63, 3.8) is 0 Å². The third kappa shape index (κ3) is 1.96. The summed E-state index contributed by atoms with van der Waals surface area (Å²) in [4.78, 5) is 0. The Bertz CT molecular complexity index is 370. The van der Waals surface area contributed by atoms with Crippen LogP contribution in [0.5, 0.6) is 0 Å². The highest BCUT2D eigenvalue weighted by molar-refractivity contribution is 5.26. The molecule has 88 valence electrons. The van der Waals surface area contributed by atoms with Crippen molar-refractivity contribution in [3.05, 3.63) is 35.4 Å². The van der Waals surface area contributed by atoms with E-state index in [1.54, 1.807) is 6.07 Å². The third-order valence-corrected chi connectivity index (χ3v) is 3.66. The van der Waals surface area contributed by atoms with Gasteiger partial charge in [-0.1, -0.05) is 25.3 Å². The van der Waals surface area contributed by atoms with Crippen LogP contribution < -0.4 is 5.32 Å². The second-order valence-electron chi connectivity index (χ2n) is 4.52. The lowest BCUT2D eigenvalue weighted by Crippen LogP contribution is -2.41. The van der Waals surface area contributed by atoms with Gasteiger partial charge in [0, 0.05) is 5.54 Å². The van der Waals surface area contributed by atoms with Crippen molar-refractivity contribution in [1.82, 2.24) is 5.32 Å². The van der Waals surface area contributed by atoms with Gasteiger partial charge in [0.15, 0.2) is 11.6 Å². The molecule has 1 aromatic rings. The Morgan fingerprint density at radius 2 is 1.75 bits per heavy atom. The fourth-order valence-corrected chi connectivity index (χ4v) is 2.63. The van der Waals surface area contributed by atoms with Gasteiger partial charge in [0.25, 0.3) is 0 Å². The first-order chi connectivity index (χ1) is 7.68. The van der Waals surface area contributed by atoms with E-state index in [4.69, 9.17) is 0 Å². The lowest BCUT2D eigenvalue weighted by atomic mass is 9.77. The van der Waals surface area contributed by atoms with Gasteiger partial charge in [-0.25, -0.2) is 8.78 Å². The van der Waals surface area contributed by atoms with Gasteiger partial charge in [-0.15, -0.1) is 0 Å². The van der Waals surface area contributed by atoms with Crippen LogP contribution in [0.4, 0.5) is 8.78 Å². The second-order valence-corrected chi connectivity index (χ2v) is 4.52. The molecule has 1 aliphatic carbocycles. The smallest absolute Gasteiger partial charge is 0.159 e. The molecule has 1 aliphatic rings. The molecule has 1 nitrogen and oxygen atoms in total. The molecule has 0 aromatic heterocycles. The average molecular weight is 225 g/mol. The Balaban J connectivity index is 2.35. The molecule has 1 fully saturated rings. The maximum Gasteiger partial charge on any atom is 0.159 e. The van der Waals surface area contributed by atoms with Crippen molar-refractivity contribution >= 4 is 0 Å². The molecule has 0 heterocycles. The van der Waals surface area contributed by atoms with E-state index in [-0.39, 0.29) is 5.54 Å². The molecular formula is C13H17F2N. The van der Waals surface area contributed by atoms with Crippen molar-refractivity contribution in [1.29, 1.82) is 0 Å². The second kappa shape index (κ2) is 4.50. The van der Waals surface area contributed by atoms with Crippen molar-refractivity contribution in [2.24, 2.45) is 0 Å². The van der Waals surface area contributed by atoms with Crippen molar-refractivity contribution in [2.75, 3.05) is 7.05 Å². The van der Waals surface area contributed by atoms with Crippen LogP contribution in [-0.4, -0.2) is 7.05 Å². The van der Waals surface area contributed by atoms with Gasteiger partial charge in [-0.05, 0) is 37.6 Å². The fraction of sp³-hybridized carbons (Fsp3) is 0.538. The summed E-state index contributed by atoms with van der Waals surface area (Å²) >= 11 is 0. The van der Waals surface area contributed by atoms with Crippen LogP contribution in [0.1, 0.15) is 37.7 Å². The standard InChI is InChI=1S/C13H17F2N/c1-16-13(7-3-2-4-8-13)10-5-6-11(14)12(15)9-10/h5-6,9,16H,2-4,7-8H2,1H3. The van der Waals surface area contributed by atoms with Crippen LogP contribution in [0.25, 0.3) is 0 Å². The first kappa shape index (κ1) is 11.5. The van der Waals surface area contributed by atoms with E-state index < -0.39 is 11.6 Å². The molecule has 0 atom stereocenters. The first-order valence-electron chi connectivity index (χ1n) is 5.82. The van der Waals surface area contributed by atoms with Crippen LogP contribution >= 0.6 is 0 Å². The maximum atomic E-state index is 13.2. The number of halogens is 2. The molecule has 16 heavy (non-hydrogen) atoms. The predicted molar refractivity (Wildman–Crippen MR) is 60.2 cm³/mol. The van der Waals surface area contributed by atoms with Gasteiger partial charge >= 0.3 is 0 Å². The number of rotatable bonds is 2. The Hall–Kier alpha value is -0.960. The summed E-state index contributed by atoms with van der Waals surface area (Å²) in [5, 5.41) is 3.29. The van der Waals surface area contributed by atoms with Crippen LogP contribution in [0.2, 0.25) is 0 Å². The quantitative estimate of drug-likeness (QED) is 0.814. The molecule has 2 rings (SSSR count). The van der Waals surface area contributed by atoms with E-state index in [0.717, 1.165) is 31.2 Å². The zero-order valence-electron chi connectivity index (χ0n) is 9.52. The van der Waals surface area contributed by atoms with E-state index >= 15 is 0 Å². The normalized spacial score (nSPS) is 19.7. The number of hydrogen-bond donors (Lipinski definition) is 1. The van der Waals surface area contributed by atoms with E-state index in [2.05, 4.69) is 5.32 Å². The maximum absolute atomic E-state index is 13.2. The Kier molecular flexibility index (Phi) is 3.24. The number of benzene rings is 1. The molecule has 0 unspecified atom stereocenters.